The van der Waals surface area contributed by atoms with E-state index in [4.69, 9.17) is 4.74 Å². The van der Waals surface area contributed by atoms with Crippen molar-refractivity contribution >= 4 is 29.4 Å². The first kappa shape index (κ1) is 41.9. The molecule has 4 rings (SSSR count). The summed E-state index contributed by atoms with van der Waals surface area (Å²) in [4.78, 5) is 22.9. The van der Waals surface area contributed by atoms with Crippen LogP contribution in [-0.4, -0.2) is 52.7 Å². The average Bonchev–Trinajstić information content (AvgIpc) is 3.09. The van der Waals surface area contributed by atoms with Gasteiger partial charge in [-0.15, -0.1) is 0 Å². The maximum absolute atomic E-state index is 14.1. The smallest absolute Gasteiger partial charge is 0.416 e. The number of benzene rings is 2. The predicted molar refractivity (Wildman–Crippen MR) is 184 cm³/mol. The molecule has 7 nitrogen and oxygen atoms in total. The molecule has 1 heterocycles. The van der Waals surface area contributed by atoms with Gasteiger partial charge in [-0.25, -0.2) is 9.97 Å². The second-order valence-electron chi connectivity index (χ2n) is 13.1. The molecule has 0 aliphatic heterocycles. The molecule has 1 saturated carbocycles. The van der Waals surface area contributed by atoms with Gasteiger partial charge in [-0.2, -0.15) is 51.3 Å². The lowest BCUT2D eigenvalue weighted by Gasteiger charge is -2.36. The second-order valence-corrected chi connectivity index (χ2v) is 14.1. The van der Waals surface area contributed by atoms with Gasteiger partial charge in [0.1, 0.15) is 0 Å². The summed E-state index contributed by atoms with van der Waals surface area (Å²) in [5, 5.41) is 9.19. The lowest BCUT2D eigenvalue weighted by Crippen LogP contribution is -2.34. The number of aromatic nitrogens is 2. The fourth-order valence-electron chi connectivity index (χ4n) is 6.51. The normalized spacial score (nSPS) is 17.4. The Morgan fingerprint density at radius 1 is 0.887 bits per heavy atom. The summed E-state index contributed by atoms with van der Waals surface area (Å²) in [6.07, 6.45) is -7.74. The minimum Gasteiger partial charge on any atom is -0.489 e. The number of rotatable bonds is 15. The third-order valence-corrected chi connectivity index (χ3v) is 9.94. The van der Waals surface area contributed by atoms with Gasteiger partial charge in [0.25, 0.3) is 0 Å². The topological polar surface area (TPSA) is 78.8 Å². The first-order valence-corrected chi connectivity index (χ1v) is 18.4. The summed E-state index contributed by atoms with van der Waals surface area (Å²) in [5.74, 6) is -0.0200. The van der Waals surface area contributed by atoms with Crippen molar-refractivity contribution in [2.45, 2.75) is 77.1 Å². The van der Waals surface area contributed by atoms with Crippen LogP contribution < -0.4 is 14.5 Å². The van der Waals surface area contributed by atoms with E-state index in [1.54, 1.807) is 0 Å². The second kappa shape index (κ2) is 17.5. The summed E-state index contributed by atoms with van der Waals surface area (Å²) in [6, 6.07) is 3.04. The van der Waals surface area contributed by atoms with E-state index < -0.39 is 59.3 Å². The Hall–Kier alpha value is -3.89. The number of carbonyl (C=O) groups is 1. The summed E-state index contributed by atoms with van der Waals surface area (Å²) >= 11 is 1.52. The zero-order chi connectivity index (χ0) is 39.1. The highest BCUT2D eigenvalue weighted by Gasteiger charge is 2.38. The molecular weight excluding hydrogens is 739 g/mol. The highest BCUT2D eigenvalue weighted by molar-refractivity contribution is 7.98. The van der Waals surface area contributed by atoms with E-state index in [-0.39, 0.29) is 41.6 Å². The Morgan fingerprint density at radius 2 is 1.45 bits per heavy atom. The van der Waals surface area contributed by atoms with E-state index >= 15 is 0 Å². The van der Waals surface area contributed by atoms with E-state index in [9.17, 15) is 49.4 Å². The predicted octanol–water partition coefficient (Wildman–Crippen LogP) is 10.1. The van der Waals surface area contributed by atoms with Gasteiger partial charge in [-0.1, -0.05) is 0 Å². The van der Waals surface area contributed by atoms with Crippen LogP contribution in [0.15, 0.2) is 48.8 Å². The van der Waals surface area contributed by atoms with Crippen molar-refractivity contribution in [1.82, 2.24) is 9.97 Å². The van der Waals surface area contributed by atoms with Crippen LogP contribution in [-0.2, 0) is 29.9 Å². The molecule has 1 atom stereocenters. The number of ether oxygens (including phenoxy) is 1. The monoisotopic (exact) mass is 780 g/mol. The average molecular weight is 781 g/mol. The highest BCUT2D eigenvalue weighted by atomic mass is 32.2. The number of carboxylic acids is 1. The molecule has 0 radical (unpaired) electrons. The van der Waals surface area contributed by atoms with Gasteiger partial charge in [-0.3, -0.25) is 4.79 Å². The summed E-state index contributed by atoms with van der Waals surface area (Å²) in [6.45, 7) is 3.83. The molecule has 1 aromatic heterocycles. The summed E-state index contributed by atoms with van der Waals surface area (Å²) < 4.78 is 131. The molecule has 0 saturated heterocycles. The lowest BCUT2D eigenvalue weighted by atomic mass is 9.80. The van der Waals surface area contributed by atoms with E-state index in [1.807, 2.05) is 18.1 Å². The van der Waals surface area contributed by atoms with Crippen LogP contribution in [0.4, 0.5) is 51.1 Å². The number of alkyl halides is 9. The van der Waals surface area contributed by atoms with Crippen LogP contribution in [0, 0.1) is 11.8 Å². The van der Waals surface area contributed by atoms with E-state index in [2.05, 4.69) is 9.97 Å². The SMILES string of the molecule is CCN(CC1CCC(CC(=O)O)CC1)c1ccc(C(F)(F)F)cc1CN(c1ncc(OCCSC)cn1)C(C)c1cc(C(F)(F)F)cc(C(F)(F)F)c1. The molecule has 1 fully saturated rings. The maximum atomic E-state index is 14.1. The van der Waals surface area contributed by atoms with Gasteiger partial charge in [0.2, 0.25) is 5.95 Å². The third kappa shape index (κ3) is 11.5. The van der Waals surface area contributed by atoms with E-state index in [0.29, 0.717) is 69.0 Å². The van der Waals surface area contributed by atoms with Crippen molar-refractivity contribution in [3.8, 4) is 5.75 Å². The van der Waals surface area contributed by atoms with Gasteiger partial charge in [0.15, 0.2) is 5.75 Å². The van der Waals surface area contributed by atoms with Crippen LogP contribution in [0.3, 0.4) is 0 Å². The molecule has 17 heteroatoms. The molecule has 292 valence electrons. The van der Waals surface area contributed by atoms with Crippen molar-refractivity contribution < 1.29 is 54.2 Å². The number of carboxylic acid groups (broad SMARTS) is 1. The maximum Gasteiger partial charge on any atom is 0.416 e. The minimum atomic E-state index is -5.13. The Labute approximate surface area is 305 Å². The molecule has 1 aliphatic rings. The van der Waals surface area contributed by atoms with E-state index in [0.717, 1.165) is 12.1 Å². The zero-order valence-electron chi connectivity index (χ0n) is 29.3. The molecule has 0 spiro atoms. The quantitative estimate of drug-likeness (QED) is 0.121. The number of thioether (sulfide) groups is 1. The molecule has 3 aromatic rings. The van der Waals surface area contributed by atoms with Crippen molar-refractivity contribution in [3.63, 3.8) is 0 Å². The molecule has 0 bridgehead atoms. The fraction of sp³-hybridized carbons (Fsp3) is 0.528. The van der Waals surface area contributed by atoms with Gasteiger partial charge in [0.05, 0.1) is 41.7 Å². The molecule has 1 N–H and O–H groups in total. The zero-order valence-corrected chi connectivity index (χ0v) is 30.1. The molecular formula is C36H41F9N4O3S. The highest BCUT2D eigenvalue weighted by Crippen LogP contribution is 2.41. The third-order valence-electron chi connectivity index (χ3n) is 9.37. The van der Waals surface area contributed by atoms with Crippen molar-refractivity contribution in [2.24, 2.45) is 11.8 Å². The molecule has 2 aromatic carbocycles. The Bertz CT molecular complexity index is 1630. The standard InChI is InChI=1S/C36H41F9N4O3S/c1-4-48(20-24-7-5-23(6-8-24)13-32(50)51)31-10-9-27(34(37,38)39)16-26(31)21-49(33-46-18-30(19-47-33)52-11-12-53-3)22(2)25-14-28(35(40,41)42)17-29(15-25)36(43,44)45/h9-10,14-19,22-24H,4-8,11-13,20-21H2,1-3H3,(H,50,51). The molecule has 1 unspecified atom stereocenters. The van der Waals surface area contributed by atoms with Gasteiger partial charge < -0.3 is 19.6 Å². The lowest BCUT2D eigenvalue weighted by molar-refractivity contribution is -0.143. The van der Waals surface area contributed by atoms with E-state index in [1.165, 1.54) is 42.0 Å². The number of aliphatic carboxylic acids is 1. The van der Waals surface area contributed by atoms with Crippen LogP contribution in [0.1, 0.15) is 79.8 Å². The fourth-order valence-corrected chi connectivity index (χ4v) is 6.76. The molecule has 0 amide bonds. The first-order chi connectivity index (χ1) is 24.8. The summed E-state index contributed by atoms with van der Waals surface area (Å²) in [5.41, 5.74) is -3.99. The summed E-state index contributed by atoms with van der Waals surface area (Å²) in [7, 11) is 0. The number of anilines is 2. The Kier molecular flexibility index (Phi) is 13.8. The van der Waals surface area contributed by atoms with Gasteiger partial charge >= 0.3 is 24.5 Å². The number of nitrogens with zero attached hydrogens (tertiary/aromatic N) is 4. The van der Waals surface area contributed by atoms with Crippen LogP contribution in [0.25, 0.3) is 0 Å². The number of hydrogen-bond acceptors (Lipinski definition) is 7. The Morgan fingerprint density at radius 3 is 1.96 bits per heavy atom. The Balaban J connectivity index is 1.80. The van der Waals surface area contributed by atoms with Gasteiger partial charge in [-0.05, 0) is 105 Å². The van der Waals surface area contributed by atoms with Crippen LogP contribution >= 0.6 is 11.8 Å². The van der Waals surface area contributed by atoms with Crippen LogP contribution in [0.5, 0.6) is 5.75 Å². The van der Waals surface area contributed by atoms with Crippen molar-refractivity contribution in [3.05, 3.63) is 76.6 Å². The minimum absolute atomic E-state index is 0.0109. The first-order valence-electron chi connectivity index (χ1n) is 17.0. The van der Waals surface area contributed by atoms with Gasteiger partial charge in [0, 0.05) is 37.5 Å². The van der Waals surface area contributed by atoms with Crippen molar-refractivity contribution in [2.75, 3.05) is 41.5 Å². The number of hydrogen-bond donors (Lipinski definition) is 1. The molecule has 53 heavy (non-hydrogen) atoms. The largest absolute Gasteiger partial charge is 0.489 e. The molecule has 1 aliphatic carbocycles. The number of halogens is 9. The van der Waals surface area contributed by atoms with Crippen molar-refractivity contribution in [1.29, 1.82) is 0 Å². The van der Waals surface area contributed by atoms with Crippen LogP contribution in [0.2, 0.25) is 0 Å².